The van der Waals surface area contributed by atoms with Crippen molar-refractivity contribution in [1.29, 1.82) is 0 Å². The number of ether oxygens (including phenoxy) is 1. The summed E-state index contributed by atoms with van der Waals surface area (Å²) in [7, 11) is 0. The van der Waals surface area contributed by atoms with Crippen LogP contribution >= 0.6 is 0 Å². The number of allylic oxidation sites excluding steroid dienone is 1. The average molecular weight is 199 g/mol. The fraction of sp³-hybridized carbons (Fsp3) is 0.600. The summed E-state index contributed by atoms with van der Waals surface area (Å²) in [6.45, 7) is 5.98. The van der Waals surface area contributed by atoms with E-state index in [1.54, 1.807) is 13.0 Å². The summed E-state index contributed by atoms with van der Waals surface area (Å²) in [6.07, 6.45) is 3.00. The Morgan fingerprint density at radius 3 is 2.71 bits per heavy atom. The molecule has 4 nitrogen and oxygen atoms in total. The Morgan fingerprint density at radius 2 is 2.14 bits per heavy atom. The molecule has 0 saturated carbocycles. The van der Waals surface area contributed by atoms with Crippen molar-refractivity contribution in [2.24, 2.45) is 0 Å². The second-order valence-electron chi connectivity index (χ2n) is 2.73. The second kappa shape index (κ2) is 8.29. The van der Waals surface area contributed by atoms with Crippen molar-refractivity contribution in [3.63, 3.8) is 0 Å². The van der Waals surface area contributed by atoms with Gasteiger partial charge >= 0.3 is 5.97 Å². The molecule has 0 aromatic carbocycles. The minimum Gasteiger partial charge on any atom is -0.466 e. The lowest BCUT2D eigenvalue weighted by Gasteiger charge is -2.03. The summed E-state index contributed by atoms with van der Waals surface area (Å²) >= 11 is 0. The highest BCUT2D eigenvalue weighted by molar-refractivity contribution is 5.77. The summed E-state index contributed by atoms with van der Waals surface area (Å²) in [6, 6.07) is 0. The molecule has 0 aliphatic carbocycles. The first-order valence-electron chi connectivity index (χ1n) is 4.74. The topological polar surface area (TPSA) is 55.4 Å². The van der Waals surface area contributed by atoms with E-state index in [4.69, 9.17) is 4.74 Å². The highest BCUT2D eigenvalue weighted by atomic mass is 16.5. The van der Waals surface area contributed by atoms with Crippen molar-refractivity contribution in [2.75, 3.05) is 13.2 Å². The van der Waals surface area contributed by atoms with Gasteiger partial charge in [-0.15, -0.1) is 6.58 Å². The Bertz CT molecular complexity index is 202. The maximum atomic E-state index is 11.0. The molecule has 0 aliphatic heterocycles. The van der Waals surface area contributed by atoms with Crippen molar-refractivity contribution in [3.8, 4) is 0 Å². The van der Waals surface area contributed by atoms with Gasteiger partial charge in [-0.05, 0) is 13.3 Å². The minimum atomic E-state index is -0.281. The van der Waals surface area contributed by atoms with Crippen LogP contribution in [-0.4, -0.2) is 25.0 Å². The van der Waals surface area contributed by atoms with Crippen LogP contribution in [0.15, 0.2) is 12.7 Å². The van der Waals surface area contributed by atoms with Gasteiger partial charge in [-0.3, -0.25) is 9.59 Å². The largest absolute Gasteiger partial charge is 0.466 e. The van der Waals surface area contributed by atoms with Crippen molar-refractivity contribution >= 4 is 11.9 Å². The summed E-state index contributed by atoms with van der Waals surface area (Å²) in [4.78, 5) is 21.9. The zero-order valence-corrected chi connectivity index (χ0v) is 8.54. The van der Waals surface area contributed by atoms with Gasteiger partial charge in [0.25, 0.3) is 0 Å². The molecule has 4 heteroatoms. The summed E-state index contributed by atoms with van der Waals surface area (Å²) < 4.78 is 4.70. The van der Waals surface area contributed by atoms with Gasteiger partial charge in [0.2, 0.25) is 5.91 Å². The molecule has 1 N–H and O–H groups in total. The number of hydrogen-bond donors (Lipinski definition) is 1. The van der Waals surface area contributed by atoms with E-state index in [0.717, 1.165) is 0 Å². The Morgan fingerprint density at radius 1 is 1.43 bits per heavy atom. The average Bonchev–Trinajstić information content (AvgIpc) is 2.15. The molecule has 0 saturated heterocycles. The van der Waals surface area contributed by atoms with E-state index in [0.29, 0.717) is 26.0 Å². The predicted molar refractivity (Wildman–Crippen MR) is 53.7 cm³/mol. The SMILES string of the molecule is C=CCCC(=O)NCCC(=O)OCC. The molecule has 0 atom stereocenters. The van der Waals surface area contributed by atoms with E-state index in [1.165, 1.54) is 0 Å². The molecule has 0 bridgehead atoms. The maximum Gasteiger partial charge on any atom is 0.307 e. The van der Waals surface area contributed by atoms with Crippen molar-refractivity contribution in [2.45, 2.75) is 26.2 Å². The van der Waals surface area contributed by atoms with Crippen LogP contribution in [-0.2, 0) is 14.3 Å². The Balaban J connectivity index is 3.39. The molecule has 0 unspecified atom stereocenters. The van der Waals surface area contributed by atoms with Crippen LogP contribution < -0.4 is 5.32 Å². The predicted octanol–water partition coefficient (Wildman–Crippen LogP) is 1.02. The lowest BCUT2D eigenvalue weighted by Crippen LogP contribution is -2.26. The van der Waals surface area contributed by atoms with Gasteiger partial charge in [-0.2, -0.15) is 0 Å². The number of nitrogens with one attached hydrogen (secondary N) is 1. The first kappa shape index (κ1) is 12.7. The Labute approximate surface area is 84.3 Å². The summed E-state index contributed by atoms with van der Waals surface area (Å²) in [5, 5.41) is 2.62. The van der Waals surface area contributed by atoms with E-state index in [1.807, 2.05) is 0 Å². The van der Waals surface area contributed by atoms with Crippen LogP contribution in [0.4, 0.5) is 0 Å². The number of esters is 1. The van der Waals surface area contributed by atoms with Gasteiger partial charge in [0.1, 0.15) is 0 Å². The fourth-order valence-electron chi connectivity index (χ4n) is 0.859. The number of rotatable bonds is 7. The quantitative estimate of drug-likeness (QED) is 0.492. The van der Waals surface area contributed by atoms with Crippen LogP contribution in [0.5, 0.6) is 0 Å². The monoisotopic (exact) mass is 199 g/mol. The van der Waals surface area contributed by atoms with Crippen molar-refractivity contribution < 1.29 is 14.3 Å². The van der Waals surface area contributed by atoms with E-state index in [-0.39, 0.29) is 18.3 Å². The van der Waals surface area contributed by atoms with Crippen LogP contribution in [0, 0.1) is 0 Å². The number of carbonyl (C=O) groups is 2. The van der Waals surface area contributed by atoms with E-state index in [2.05, 4.69) is 11.9 Å². The van der Waals surface area contributed by atoms with Gasteiger partial charge in [-0.1, -0.05) is 6.08 Å². The number of carbonyl (C=O) groups excluding carboxylic acids is 2. The van der Waals surface area contributed by atoms with Gasteiger partial charge in [0.15, 0.2) is 0 Å². The lowest BCUT2D eigenvalue weighted by molar-refractivity contribution is -0.143. The minimum absolute atomic E-state index is 0.0609. The fourth-order valence-corrected chi connectivity index (χ4v) is 0.859. The number of hydrogen-bond acceptors (Lipinski definition) is 3. The van der Waals surface area contributed by atoms with Crippen LogP contribution in [0.25, 0.3) is 0 Å². The summed E-state index contributed by atoms with van der Waals surface area (Å²) in [5.41, 5.74) is 0. The molecule has 1 amide bonds. The normalized spacial score (nSPS) is 9.21. The summed E-state index contributed by atoms with van der Waals surface area (Å²) in [5.74, 6) is -0.342. The first-order chi connectivity index (χ1) is 6.70. The van der Waals surface area contributed by atoms with E-state index < -0.39 is 0 Å². The highest BCUT2D eigenvalue weighted by Gasteiger charge is 2.03. The third-order valence-corrected chi connectivity index (χ3v) is 1.53. The van der Waals surface area contributed by atoms with Gasteiger partial charge in [0.05, 0.1) is 13.0 Å². The molecule has 0 fully saturated rings. The van der Waals surface area contributed by atoms with Gasteiger partial charge < -0.3 is 10.1 Å². The van der Waals surface area contributed by atoms with Crippen LogP contribution in [0.2, 0.25) is 0 Å². The smallest absolute Gasteiger partial charge is 0.307 e. The third-order valence-electron chi connectivity index (χ3n) is 1.53. The maximum absolute atomic E-state index is 11.0. The van der Waals surface area contributed by atoms with Gasteiger partial charge in [0, 0.05) is 13.0 Å². The van der Waals surface area contributed by atoms with E-state index >= 15 is 0 Å². The molecule has 0 aromatic rings. The lowest BCUT2D eigenvalue weighted by atomic mass is 10.3. The second-order valence-corrected chi connectivity index (χ2v) is 2.73. The van der Waals surface area contributed by atoms with Gasteiger partial charge in [-0.25, -0.2) is 0 Å². The van der Waals surface area contributed by atoms with Crippen molar-refractivity contribution in [3.05, 3.63) is 12.7 Å². The van der Waals surface area contributed by atoms with Crippen molar-refractivity contribution in [1.82, 2.24) is 5.32 Å². The molecule has 80 valence electrons. The molecular formula is C10H17NO3. The zero-order chi connectivity index (χ0) is 10.8. The Hall–Kier alpha value is -1.32. The van der Waals surface area contributed by atoms with Crippen LogP contribution in [0.3, 0.4) is 0 Å². The molecule has 0 spiro atoms. The molecule has 0 radical (unpaired) electrons. The third kappa shape index (κ3) is 7.34. The molecule has 0 aliphatic rings. The highest BCUT2D eigenvalue weighted by Crippen LogP contribution is 1.89. The molecule has 0 rings (SSSR count). The molecule has 0 heterocycles. The number of amides is 1. The molecule has 14 heavy (non-hydrogen) atoms. The molecular weight excluding hydrogens is 182 g/mol. The van der Waals surface area contributed by atoms with E-state index in [9.17, 15) is 9.59 Å². The molecule has 0 aromatic heterocycles. The Kier molecular flexibility index (Phi) is 7.50. The van der Waals surface area contributed by atoms with Crippen LogP contribution in [0.1, 0.15) is 26.2 Å². The first-order valence-corrected chi connectivity index (χ1v) is 4.74. The standard InChI is InChI=1S/C10H17NO3/c1-3-5-6-9(12)11-8-7-10(13)14-4-2/h3H,1,4-8H2,2H3,(H,11,12). The zero-order valence-electron chi connectivity index (χ0n) is 8.54.